The van der Waals surface area contributed by atoms with Gasteiger partial charge in [0.2, 0.25) is 0 Å². The standard InChI is InChI=1S/C14H18NP/c1-10-6-5-7-11(13(10)15)12-8-3-4-9-14(12,2)16/h3-9,12H,15-16H2,1-2H3. The Kier molecular flexibility index (Phi) is 2.90. The molecule has 1 aliphatic rings. The summed E-state index contributed by atoms with van der Waals surface area (Å²) in [5.74, 6) is 0.336. The quantitative estimate of drug-likeness (QED) is 0.581. The van der Waals surface area contributed by atoms with Crippen LogP contribution in [0, 0.1) is 6.92 Å². The van der Waals surface area contributed by atoms with E-state index in [9.17, 15) is 0 Å². The summed E-state index contributed by atoms with van der Waals surface area (Å²) in [6.07, 6.45) is 8.62. The molecule has 0 saturated carbocycles. The Balaban J connectivity index is 2.49. The van der Waals surface area contributed by atoms with Crippen LogP contribution < -0.4 is 5.73 Å². The van der Waals surface area contributed by atoms with Crippen molar-refractivity contribution in [3.63, 3.8) is 0 Å². The first-order chi connectivity index (χ1) is 7.52. The van der Waals surface area contributed by atoms with Gasteiger partial charge in [-0.2, -0.15) is 0 Å². The number of rotatable bonds is 1. The summed E-state index contributed by atoms with van der Waals surface area (Å²) in [5.41, 5.74) is 9.46. The van der Waals surface area contributed by atoms with Crippen LogP contribution in [0.5, 0.6) is 0 Å². The Morgan fingerprint density at radius 2 is 2.06 bits per heavy atom. The van der Waals surface area contributed by atoms with Gasteiger partial charge in [-0.05, 0) is 18.1 Å². The van der Waals surface area contributed by atoms with Crippen LogP contribution in [0.25, 0.3) is 0 Å². The highest BCUT2D eigenvalue weighted by molar-refractivity contribution is 7.19. The molecule has 3 atom stereocenters. The van der Waals surface area contributed by atoms with E-state index in [2.05, 4.69) is 65.6 Å². The Bertz CT molecular complexity index is 458. The van der Waals surface area contributed by atoms with Gasteiger partial charge in [-0.3, -0.25) is 0 Å². The molecule has 2 N–H and O–H groups in total. The van der Waals surface area contributed by atoms with Gasteiger partial charge in [0.15, 0.2) is 0 Å². The van der Waals surface area contributed by atoms with Crippen molar-refractivity contribution in [1.29, 1.82) is 0 Å². The van der Waals surface area contributed by atoms with Crippen LogP contribution in [0.15, 0.2) is 42.5 Å². The summed E-state index contributed by atoms with van der Waals surface area (Å²) in [6.45, 7) is 4.27. The van der Waals surface area contributed by atoms with Gasteiger partial charge in [0.25, 0.3) is 0 Å². The number of hydrogen-bond donors (Lipinski definition) is 1. The van der Waals surface area contributed by atoms with E-state index in [-0.39, 0.29) is 5.16 Å². The molecule has 84 valence electrons. The minimum absolute atomic E-state index is 0.0522. The second-order valence-corrected chi connectivity index (χ2v) is 5.91. The topological polar surface area (TPSA) is 26.0 Å². The third-order valence-corrected chi connectivity index (χ3v) is 3.78. The van der Waals surface area contributed by atoms with E-state index in [1.54, 1.807) is 0 Å². The van der Waals surface area contributed by atoms with Crippen molar-refractivity contribution in [2.45, 2.75) is 24.9 Å². The van der Waals surface area contributed by atoms with Crippen molar-refractivity contribution in [3.05, 3.63) is 53.6 Å². The molecule has 0 heterocycles. The van der Waals surface area contributed by atoms with E-state index >= 15 is 0 Å². The van der Waals surface area contributed by atoms with Crippen molar-refractivity contribution in [3.8, 4) is 0 Å². The van der Waals surface area contributed by atoms with E-state index in [1.165, 1.54) is 5.56 Å². The molecule has 3 unspecified atom stereocenters. The molecule has 0 radical (unpaired) electrons. The molecular formula is C14H18NP. The van der Waals surface area contributed by atoms with Crippen molar-refractivity contribution < 1.29 is 0 Å². The fraction of sp³-hybridized carbons (Fsp3) is 0.286. The summed E-state index contributed by atoms with van der Waals surface area (Å²) in [6, 6.07) is 6.26. The lowest BCUT2D eigenvalue weighted by molar-refractivity contribution is 0.689. The number of aryl methyl sites for hydroxylation is 1. The predicted octanol–water partition coefficient (Wildman–Crippen LogP) is 3.42. The van der Waals surface area contributed by atoms with Crippen LogP contribution in [0.1, 0.15) is 24.0 Å². The normalized spacial score (nSPS) is 28.3. The number of hydrogen-bond acceptors (Lipinski definition) is 1. The second kappa shape index (κ2) is 4.07. The molecular weight excluding hydrogens is 213 g/mol. The zero-order valence-corrected chi connectivity index (χ0v) is 10.9. The van der Waals surface area contributed by atoms with Gasteiger partial charge >= 0.3 is 0 Å². The van der Waals surface area contributed by atoms with Gasteiger partial charge < -0.3 is 5.73 Å². The highest BCUT2D eigenvalue weighted by atomic mass is 31.0. The summed E-state index contributed by atoms with van der Waals surface area (Å²) in [7, 11) is 2.92. The van der Waals surface area contributed by atoms with Gasteiger partial charge in [0, 0.05) is 16.8 Å². The number of nitrogens with two attached hydrogens (primary N) is 1. The molecule has 1 nitrogen and oxygen atoms in total. The van der Waals surface area contributed by atoms with Crippen LogP contribution >= 0.6 is 9.24 Å². The van der Waals surface area contributed by atoms with Crippen LogP contribution in [-0.4, -0.2) is 5.16 Å². The number of anilines is 1. The fourth-order valence-corrected chi connectivity index (χ4v) is 2.56. The Hall–Kier alpha value is -1.07. The third kappa shape index (κ3) is 1.92. The molecule has 2 rings (SSSR count). The monoisotopic (exact) mass is 231 g/mol. The molecule has 16 heavy (non-hydrogen) atoms. The van der Waals surface area contributed by atoms with Crippen LogP contribution in [0.2, 0.25) is 0 Å². The lowest BCUT2D eigenvalue weighted by Gasteiger charge is -2.32. The molecule has 0 spiro atoms. The number of para-hydroxylation sites is 1. The first kappa shape index (κ1) is 11.4. The van der Waals surface area contributed by atoms with Crippen LogP contribution in [0.4, 0.5) is 5.69 Å². The molecule has 0 aliphatic heterocycles. The molecule has 0 saturated heterocycles. The predicted molar refractivity (Wildman–Crippen MR) is 74.7 cm³/mol. The minimum Gasteiger partial charge on any atom is -0.398 e. The molecule has 1 aromatic carbocycles. The minimum atomic E-state index is 0.0522. The zero-order valence-electron chi connectivity index (χ0n) is 9.77. The maximum absolute atomic E-state index is 6.17. The average Bonchev–Trinajstić information content (AvgIpc) is 2.22. The fourth-order valence-electron chi connectivity index (χ4n) is 2.16. The summed E-state index contributed by atoms with van der Waals surface area (Å²) in [4.78, 5) is 0. The SMILES string of the molecule is Cc1cccc(C2C=CC=CC2(C)P)c1N. The largest absolute Gasteiger partial charge is 0.398 e. The van der Waals surface area contributed by atoms with Gasteiger partial charge in [0.1, 0.15) is 0 Å². The van der Waals surface area contributed by atoms with E-state index in [4.69, 9.17) is 5.73 Å². The first-order valence-electron chi connectivity index (χ1n) is 5.52. The second-order valence-electron chi connectivity index (χ2n) is 4.67. The summed E-state index contributed by atoms with van der Waals surface area (Å²) in [5, 5.41) is 0.0522. The molecule has 0 aromatic heterocycles. The number of benzene rings is 1. The molecule has 0 amide bonds. The smallest absolute Gasteiger partial charge is 0.0382 e. The van der Waals surface area contributed by atoms with Gasteiger partial charge in [-0.1, -0.05) is 49.4 Å². The summed E-state index contributed by atoms with van der Waals surface area (Å²) < 4.78 is 0. The number of allylic oxidation sites excluding steroid dienone is 4. The third-order valence-electron chi connectivity index (χ3n) is 3.23. The van der Waals surface area contributed by atoms with Crippen molar-refractivity contribution in [1.82, 2.24) is 0 Å². The molecule has 2 heteroatoms. The zero-order chi connectivity index (χ0) is 11.8. The van der Waals surface area contributed by atoms with E-state index in [1.807, 2.05) is 0 Å². The van der Waals surface area contributed by atoms with E-state index < -0.39 is 0 Å². The van der Waals surface area contributed by atoms with Crippen LogP contribution in [0.3, 0.4) is 0 Å². The van der Waals surface area contributed by atoms with Crippen molar-refractivity contribution in [2.75, 3.05) is 5.73 Å². The average molecular weight is 231 g/mol. The first-order valence-corrected chi connectivity index (χ1v) is 6.10. The molecule has 0 fully saturated rings. The molecule has 1 aliphatic carbocycles. The van der Waals surface area contributed by atoms with E-state index in [0.29, 0.717) is 5.92 Å². The van der Waals surface area contributed by atoms with Gasteiger partial charge in [-0.25, -0.2) is 0 Å². The Labute approximate surface area is 99.6 Å². The van der Waals surface area contributed by atoms with Crippen molar-refractivity contribution >= 4 is 14.9 Å². The summed E-state index contributed by atoms with van der Waals surface area (Å²) >= 11 is 0. The van der Waals surface area contributed by atoms with Crippen molar-refractivity contribution in [2.24, 2.45) is 0 Å². The van der Waals surface area contributed by atoms with Gasteiger partial charge in [-0.15, -0.1) is 9.24 Å². The lowest BCUT2D eigenvalue weighted by Crippen LogP contribution is -2.24. The Morgan fingerprint density at radius 3 is 2.75 bits per heavy atom. The maximum Gasteiger partial charge on any atom is 0.0382 e. The highest BCUT2D eigenvalue weighted by Gasteiger charge is 2.29. The Morgan fingerprint density at radius 1 is 1.31 bits per heavy atom. The molecule has 1 aromatic rings. The lowest BCUT2D eigenvalue weighted by atomic mass is 9.82. The highest BCUT2D eigenvalue weighted by Crippen LogP contribution is 2.42. The van der Waals surface area contributed by atoms with Gasteiger partial charge in [0.05, 0.1) is 0 Å². The van der Waals surface area contributed by atoms with E-state index in [0.717, 1.165) is 11.3 Å². The molecule has 0 bridgehead atoms. The number of nitrogen functional groups attached to an aromatic ring is 1. The maximum atomic E-state index is 6.17. The van der Waals surface area contributed by atoms with Crippen LogP contribution in [-0.2, 0) is 0 Å².